The summed E-state index contributed by atoms with van der Waals surface area (Å²) in [5, 5.41) is 0. The third kappa shape index (κ3) is 6.97. The van der Waals surface area contributed by atoms with E-state index in [0.717, 1.165) is 86.0 Å². The summed E-state index contributed by atoms with van der Waals surface area (Å²) in [7, 11) is 0. The maximum atomic E-state index is 14.3. The van der Waals surface area contributed by atoms with Gasteiger partial charge in [-0.3, -0.25) is 14.6 Å². The normalized spacial score (nSPS) is 20.8. The maximum absolute atomic E-state index is 14.3. The molecule has 4 aliphatic heterocycles. The Morgan fingerprint density at radius 3 is 1.45 bits per heavy atom. The Bertz CT molecular complexity index is 1250. The van der Waals surface area contributed by atoms with E-state index in [0.29, 0.717) is 0 Å². The van der Waals surface area contributed by atoms with Crippen molar-refractivity contribution in [2.45, 2.75) is 50.6 Å². The zero-order valence-electron chi connectivity index (χ0n) is 24.2. The molecule has 0 radical (unpaired) electrons. The molecule has 2 aromatic rings. The van der Waals surface area contributed by atoms with Crippen molar-refractivity contribution in [2.75, 3.05) is 39.8 Å². The molecule has 2 fully saturated rings. The maximum Gasteiger partial charge on any atom is 0.231 e. The molecule has 2 atom stereocenters. The number of hydrogen-bond acceptors (Lipinski definition) is 7. The van der Waals surface area contributed by atoms with Gasteiger partial charge in [-0.15, -0.1) is 0 Å². The number of benzene rings is 2. The van der Waals surface area contributed by atoms with Crippen molar-refractivity contribution < 1.29 is 23.7 Å². The Morgan fingerprint density at radius 2 is 1.00 bits per heavy atom. The van der Waals surface area contributed by atoms with Crippen LogP contribution in [0.1, 0.15) is 49.7 Å². The number of nitrogens with zero attached hydrogens (tertiary/aromatic N) is 2. The highest BCUT2D eigenvalue weighted by Crippen LogP contribution is 2.33. The van der Waals surface area contributed by atoms with Crippen molar-refractivity contribution in [1.29, 1.82) is 0 Å². The first-order chi connectivity index (χ1) is 20.7. The van der Waals surface area contributed by atoms with Crippen LogP contribution in [-0.2, 0) is 4.79 Å². The van der Waals surface area contributed by atoms with Crippen LogP contribution in [-0.4, -0.2) is 67.4 Å². The zero-order chi connectivity index (χ0) is 28.6. The van der Waals surface area contributed by atoms with E-state index in [1.807, 2.05) is 72.9 Å². The van der Waals surface area contributed by atoms with Gasteiger partial charge in [-0.05, 0) is 87.3 Å². The summed E-state index contributed by atoms with van der Waals surface area (Å²) in [6, 6.07) is 11.3. The number of likely N-dealkylation sites (tertiary alicyclic amines) is 2. The third-order valence-electron chi connectivity index (χ3n) is 8.33. The van der Waals surface area contributed by atoms with Gasteiger partial charge in [0.15, 0.2) is 28.8 Å². The molecule has 2 saturated heterocycles. The number of fused-ring (bicyclic) bond motifs is 2. The fourth-order valence-electron chi connectivity index (χ4n) is 6.07. The molecule has 220 valence electrons. The summed E-state index contributed by atoms with van der Waals surface area (Å²) in [6.45, 7) is 4.34. The van der Waals surface area contributed by atoms with Crippen LogP contribution in [0.15, 0.2) is 72.9 Å². The van der Waals surface area contributed by atoms with Crippen molar-refractivity contribution in [3.05, 3.63) is 84.0 Å². The Kier molecular flexibility index (Phi) is 9.37. The van der Waals surface area contributed by atoms with Crippen molar-refractivity contribution in [1.82, 2.24) is 9.80 Å². The van der Waals surface area contributed by atoms with Gasteiger partial charge in [-0.25, -0.2) is 0 Å². The molecule has 2 unspecified atom stereocenters. The predicted octanol–water partition coefficient (Wildman–Crippen LogP) is 6.26. The molecule has 0 N–H and O–H groups in total. The van der Waals surface area contributed by atoms with E-state index < -0.39 is 0 Å². The minimum atomic E-state index is -0.263. The van der Waals surface area contributed by atoms with E-state index in [2.05, 4.69) is 22.0 Å². The van der Waals surface area contributed by atoms with Crippen molar-refractivity contribution in [3.63, 3.8) is 0 Å². The molecular formula is C35H40N2O5. The highest BCUT2D eigenvalue weighted by Gasteiger charge is 2.33. The fraction of sp³-hybridized carbons (Fsp3) is 0.400. The van der Waals surface area contributed by atoms with Crippen LogP contribution in [0.2, 0.25) is 0 Å². The largest absolute Gasteiger partial charge is 0.454 e. The van der Waals surface area contributed by atoms with Crippen LogP contribution in [0.4, 0.5) is 0 Å². The molecule has 0 aromatic heterocycles. The monoisotopic (exact) mass is 568 g/mol. The van der Waals surface area contributed by atoms with Crippen LogP contribution < -0.4 is 18.9 Å². The van der Waals surface area contributed by atoms with Crippen LogP contribution in [0.25, 0.3) is 12.2 Å². The number of piperidine rings is 2. The van der Waals surface area contributed by atoms with Crippen LogP contribution in [0.3, 0.4) is 0 Å². The van der Waals surface area contributed by atoms with Gasteiger partial charge in [0.1, 0.15) is 0 Å². The van der Waals surface area contributed by atoms with Crippen LogP contribution in [0.5, 0.6) is 23.0 Å². The number of carbonyl (C=O) groups excluding carboxylic acids is 1. The number of Topliss-reactive ketones (excluding diaryl/α,β-unsaturated/α-hetero) is 1. The molecule has 7 heteroatoms. The molecule has 7 nitrogen and oxygen atoms in total. The van der Waals surface area contributed by atoms with E-state index in [4.69, 9.17) is 18.9 Å². The highest BCUT2D eigenvalue weighted by atomic mass is 16.7. The summed E-state index contributed by atoms with van der Waals surface area (Å²) < 4.78 is 21.9. The lowest BCUT2D eigenvalue weighted by atomic mass is 9.96. The predicted molar refractivity (Wildman–Crippen MR) is 165 cm³/mol. The van der Waals surface area contributed by atoms with Crippen LogP contribution in [0, 0.1) is 0 Å². The SMILES string of the molecule is O=C(C(/C=C/C=C/c1ccc2c(c1)OCO2)N1CCCCC1)C(/C=C/C=C/c1ccc2c(c1)OCO2)N1CCCCC1. The summed E-state index contributed by atoms with van der Waals surface area (Å²) in [4.78, 5) is 19.1. The van der Waals surface area contributed by atoms with Gasteiger partial charge in [0.05, 0.1) is 12.1 Å². The molecule has 0 bridgehead atoms. The van der Waals surface area contributed by atoms with E-state index in [-0.39, 0.29) is 31.5 Å². The van der Waals surface area contributed by atoms with E-state index in [9.17, 15) is 4.79 Å². The molecule has 0 spiro atoms. The van der Waals surface area contributed by atoms with Gasteiger partial charge in [0.25, 0.3) is 0 Å². The first kappa shape index (κ1) is 28.3. The number of hydrogen-bond donors (Lipinski definition) is 0. The van der Waals surface area contributed by atoms with Crippen molar-refractivity contribution >= 4 is 17.9 Å². The quantitative estimate of drug-likeness (QED) is 0.314. The molecule has 4 heterocycles. The van der Waals surface area contributed by atoms with Crippen LogP contribution >= 0.6 is 0 Å². The number of rotatable bonds is 10. The third-order valence-corrected chi connectivity index (χ3v) is 8.33. The highest BCUT2D eigenvalue weighted by molar-refractivity contribution is 5.92. The topological polar surface area (TPSA) is 60.5 Å². The van der Waals surface area contributed by atoms with Crippen molar-refractivity contribution in [2.24, 2.45) is 0 Å². The number of ketones is 1. The van der Waals surface area contributed by atoms with E-state index >= 15 is 0 Å². The fourth-order valence-corrected chi connectivity index (χ4v) is 6.07. The Hall–Kier alpha value is -3.81. The summed E-state index contributed by atoms with van der Waals surface area (Å²) in [6.07, 6.45) is 23.3. The lowest BCUT2D eigenvalue weighted by molar-refractivity contribution is -0.127. The molecule has 2 aromatic carbocycles. The summed E-state index contributed by atoms with van der Waals surface area (Å²) in [5.74, 6) is 3.35. The van der Waals surface area contributed by atoms with Gasteiger partial charge in [0, 0.05) is 0 Å². The molecular weight excluding hydrogens is 528 g/mol. The lowest BCUT2D eigenvalue weighted by Gasteiger charge is -2.37. The molecule has 6 rings (SSSR count). The molecule has 4 aliphatic rings. The summed E-state index contributed by atoms with van der Waals surface area (Å²) in [5.41, 5.74) is 2.07. The smallest absolute Gasteiger partial charge is 0.231 e. The number of ether oxygens (including phenoxy) is 4. The second-order valence-corrected chi connectivity index (χ2v) is 11.2. The Balaban J connectivity index is 1.19. The zero-order valence-corrected chi connectivity index (χ0v) is 24.2. The first-order valence-electron chi connectivity index (χ1n) is 15.3. The van der Waals surface area contributed by atoms with Gasteiger partial charge < -0.3 is 18.9 Å². The minimum absolute atomic E-state index is 0.249. The first-order valence-corrected chi connectivity index (χ1v) is 15.3. The molecule has 42 heavy (non-hydrogen) atoms. The van der Waals surface area contributed by atoms with E-state index in [1.165, 1.54) is 12.8 Å². The van der Waals surface area contributed by atoms with Gasteiger partial charge >= 0.3 is 0 Å². The number of carbonyl (C=O) groups is 1. The second-order valence-electron chi connectivity index (χ2n) is 11.2. The van der Waals surface area contributed by atoms with Gasteiger partial charge in [-0.2, -0.15) is 0 Å². The van der Waals surface area contributed by atoms with Crippen molar-refractivity contribution in [3.8, 4) is 23.0 Å². The number of allylic oxidation sites excluding steroid dienone is 4. The van der Waals surface area contributed by atoms with Gasteiger partial charge in [-0.1, -0.05) is 73.6 Å². The molecule has 0 aliphatic carbocycles. The lowest BCUT2D eigenvalue weighted by Crippen LogP contribution is -2.52. The average molecular weight is 569 g/mol. The standard InChI is InChI=1S/C35H40N2O5/c38-35(29(36-19-7-1-8-20-36)13-5-3-11-27-15-17-31-33(23-27)41-25-39-31)30(37-21-9-2-10-22-37)14-6-4-12-28-16-18-32-34(24-28)42-26-40-32/h3-6,11-18,23-24,29-30H,1-2,7-10,19-22,25-26H2/b11-3+,12-4+,13-5+,14-6+. The Morgan fingerprint density at radius 1 is 0.571 bits per heavy atom. The Labute approximate surface area is 248 Å². The van der Waals surface area contributed by atoms with Gasteiger partial charge in [0.2, 0.25) is 13.6 Å². The minimum Gasteiger partial charge on any atom is -0.454 e. The molecule has 0 saturated carbocycles. The second kappa shape index (κ2) is 13.9. The van der Waals surface area contributed by atoms with E-state index in [1.54, 1.807) is 0 Å². The molecule has 0 amide bonds. The summed E-state index contributed by atoms with van der Waals surface area (Å²) >= 11 is 0. The average Bonchev–Trinajstić information content (AvgIpc) is 3.71.